The van der Waals surface area contributed by atoms with Gasteiger partial charge in [0.1, 0.15) is 17.2 Å². The number of nitrogens with zero attached hydrogens (tertiary/aromatic N) is 1. The van der Waals surface area contributed by atoms with E-state index in [0.717, 1.165) is 5.56 Å². The van der Waals surface area contributed by atoms with Crippen LogP contribution in [0.3, 0.4) is 0 Å². The first-order valence-corrected chi connectivity index (χ1v) is 7.32. The van der Waals surface area contributed by atoms with Crippen LogP contribution in [-0.4, -0.2) is 24.2 Å². The predicted molar refractivity (Wildman–Crippen MR) is 93.2 cm³/mol. The zero-order valence-electron chi connectivity index (χ0n) is 13.4. The highest BCUT2D eigenvalue weighted by molar-refractivity contribution is 5.84. The second-order valence-corrected chi connectivity index (χ2v) is 5.08. The van der Waals surface area contributed by atoms with E-state index in [1.54, 1.807) is 14.2 Å². The van der Waals surface area contributed by atoms with Gasteiger partial charge in [0.25, 0.3) is 5.56 Å². The molecule has 0 bridgehead atoms. The summed E-state index contributed by atoms with van der Waals surface area (Å²) in [5.74, 6) is 1.15. The fraction of sp³-hybridized carbons (Fsp3) is 0.111. The molecule has 0 fully saturated rings. The Morgan fingerprint density at radius 2 is 1.46 bits per heavy atom. The molecule has 1 aromatic heterocycles. The molecule has 6 nitrogen and oxygen atoms in total. The monoisotopic (exact) mass is 323 g/mol. The Morgan fingerprint density at radius 3 is 2.08 bits per heavy atom. The molecule has 1 heterocycles. The summed E-state index contributed by atoms with van der Waals surface area (Å²) in [5.41, 5.74) is 7.78. The number of methoxy groups -OCH3 is 2. The van der Waals surface area contributed by atoms with Crippen LogP contribution in [0.25, 0.3) is 22.5 Å². The largest absolute Gasteiger partial charge is 0.496 e. The molecule has 0 saturated carbocycles. The molecule has 2 aromatic carbocycles. The Labute approximate surface area is 138 Å². The third-order valence-electron chi connectivity index (χ3n) is 3.68. The summed E-state index contributed by atoms with van der Waals surface area (Å²) in [6, 6.07) is 14.8. The number of para-hydroxylation sites is 2. The molecule has 122 valence electrons. The van der Waals surface area contributed by atoms with Crippen LogP contribution in [-0.2, 0) is 0 Å². The van der Waals surface area contributed by atoms with Crippen LogP contribution in [0.1, 0.15) is 0 Å². The van der Waals surface area contributed by atoms with Crippen molar-refractivity contribution in [2.75, 3.05) is 20.0 Å². The van der Waals surface area contributed by atoms with Gasteiger partial charge in [-0.05, 0) is 24.3 Å². The fourth-order valence-electron chi connectivity index (χ4n) is 2.55. The lowest BCUT2D eigenvalue weighted by Crippen LogP contribution is -2.16. The first-order valence-electron chi connectivity index (χ1n) is 7.32. The number of hydrogen-bond acceptors (Lipinski definition) is 5. The van der Waals surface area contributed by atoms with Crippen molar-refractivity contribution in [3.05, 3.63) is 58.9 Å². The van der Waals surface area contributed by atoms with E-state index in [2.05, 4.69) is 9.97 Å². The summed E-state index contributed by atoms with van der Waals surface area (Å²) in [6.07, 6.45) is 0. The molecule has 0 aliphatic carbocycles. The molecule has 0 aliphatic rings. The fourth-order valence-corrected chi connectivity index (χ4v) is 2.55. The minimum Gasteiger partial charge on any atom is -0.496 e. The molecule has 0 aliphatic heterocycles. The molecule has 0 spiro atoms. The number of nitrogen functional groups attached to an aromatic ring is 1. The van der Waals surface area contributed by atoms with Crippen LogP contribution in [0.15, 0.2) is 53.3 Å². The maximum Gasteiger partial charge on any atom is 0.290 e. The van der Waals surface area contributed by atoms with Crippen LogP contribution in [0, 0.1) is 0 Å². The van der Waals surface area contributed by atoms with E-state index < -0.39 is 5.56 Å². The van der Waals surface area contributed by atoms with E-state index in [1.807, 2.05) is 48.5 Å². The SMILES string of the molecule is COc1ccccc1-c1nc(N)c(=O)[nH]c1-c1ccccc1OC. The van der Waals surface area contributed by atoms with Crippen molar-refractivity contribution in [2.24, 2.45) is 0 Å². The Bertz CT molecular complexity index is 935. The Balaban J connectivity index is 2.35. The Kier molecular flexibility index (Phi) is 4.20. The van der Waals surface area contributed by atoms with E-state index in [9.17, 15) is 4.79 Å². The molecule has 6 heteroatoms. The van der Waals surface area contributed by atoms with Gasteiger partial charge in [-0.25, -0.2) is 4.98 Å². The number of aromatic amines is 1. The molecule has 0 atom stereocenters. The first kappa shape index (κ1) is 15.6. The van der Waals surface area contributed by atoms with E-state index in [0.29, 0.717) is 28.5 Å². The van der Waals surface area contributed by atoms with E-state index in [1.165, 1.54) is 0 Å². The topological polar surface area (TPSA) is 90.2 Å². The minimum atomic E-state index is -0.449. The number of hydrogen-bond donors (Lipinski definition) is 2. The summed E-state index contributed by atoms with van der Waals surface area (Å²) >= 11 is 0. The van der Waals surface area contributed by atoms with Crippen LogP contribution in [0.2, 0.25) is 0 Å². The summed E-state index contributed by atoms with van der Waals surface area (Å²) in [5, 5.41) is 0. The van der Waals surface area contributed by atoms with Crippen molar-refractivity contribution in [1.29, 1.82) is 0 Å². The highest BCUT2D eigenvalue weighted by Crippen LogP contribution is 2.37. The molecule has 3 rings (SSSR count). The standard InChI is InChI=1S/C18H17N3O3/c1-23-13-9-5-3-7-11(13)15-16(21-18(22)17(19)20-15)12-8-4-6-10-14(12)24-2/h3-10H,1-2H3,(H2,19,20)(H,21,22). The van der Waals surface area contributed by atoms with Gasteiger partial charge < -0.3 is 20.2 Å². The van der Waals surface area contributed by atoms with Crippen molar-refractivity contribution < 1.29 is 9.47 Å². The molecule has 0 radical (unpaired) electrons. The first-order chi connectivity index (χ1) is 11.7. The normalized spacial score (nSPS) is 10.4. The molecule has 24 heavy (non-hydrogen) atoms. The third-order valence-corrected chi connectivity index (χ3v) is 3.68. The predicted octanol–water partition coefficient (Wildman–Crippen LogP) is 2.70. The summed E-state index contributed by atoms with van der Waals surface area (Å²) in [4.78, 5) is 19.1. The number of anilines is 1. The highest BCUT2D eigenvalue weighted by atomic mass is 16.5. The number of H-pyrrole nitrogens is 1. The number of nitrogens with one attached hydrogen (secondary N) is 1. The van der Waals surface area contributed by atoms with Crippen molar-refractivity contribution in [3.63, 3.8) is 0 Å². The quantitative estimate of drug-likeness (QED) is 0.770. The molecule has 3 aromatic rings. The summed E-state index contributed by atoms with van der Waals surface area (Å²) in [6.45, 7) is 0. The zero-order chi connectivity index (χ0) is 17.1. The van der Waals surface area contributed by atoms with Gasteiger partial charge >= 0.3 is 0 Å². The van der Waals surface area contributed by atoms with Gasteiger partial charge in [-0.1, -0.05) is 24.3 Å². The van der Waals surface area contributed by atoms with Gasteiger partial charge in [0.05, 0.1) is 19.9 Å². The van der Waals surface area contributed by atoms with Gasteiger partial charge in [0.2, 0.25) is 0 Å². The van der Waals surface area contributed by atoms with Gasteiger partial charge in [-0.3, -0.25) is 4.79 Å². The lowest BCUT2D eigenvalue weighted by Gasteiger charge is -2.14. The van der Waals surface area contributed by atoms with Crippen LogP contribution in [0.5, 0.6) is 11.5 Å². The summed E-state index contributed by atoms with van der Waals surface area (Å²) in [7, 11) is 3.15. The number of ether oxygens (including phenoxy) is 2. The average molecular weight is 323 g/mol. The lowest BCUT2D eigenvalue weighted by molar-refractivity contribution is 0.415. The number of rotatable bonds is 4. The summed E-state index contributed by atoms with van der Waals surface area (Å²) < 4.78 is 10.8. The number of aromatic nitrogens is 2. The molecule has 0 amide bonds. The van der Waals surface area contributed by atoms with E-state index in [4.69, 9.17) is 15.2 Å². The van der Waals surface area contributed by atoms with Crippen molar-refractivity contribution in [2.45, 2.75) is 0 Å². The van der Waals surface area contributed by atoms with E-state index in [-0.39, 0.29) is 5.82 Å². The zero-order valence-corrected chi connectivity index (χ0v) is 13.4. The third kappa shape index (κ3) is 2.69. The van der Waals surface area contributed by atoms with Crippen LogP contribution >= 0.6 is 0 Å². The minimum absolute atomic E-state index is 0.102. The van der Waals surface area contributed by atoms with Gasteiger partial charge in [0.15, 0.2) is 5.82 Å². The smallest absolute Gasteiger partial charge is 0.290 e. The van der Waals surface area contributed by atoms with Crippen LogP contribution in [0.4, 0.5) is 5.82 Å². The maximum atomic E-state index is 12.0. The van der Waals surface area contributed by atoms with Crippen molar-refractivity contribution >= 4 is 5.82 Å². The molecule has 3 N–H and O–H groups in total. The maximum absolute atomic E-state index is 12.0. The van der Waals surface area contributed by atoms with Gasteiger partial charge in [0, 0.05) is 11.1 Å². The average Bonchev–Trinajstić information content (AvgIpc) is 2.63. The molecule has 0 unspecified atom stereocenters. The van der Waals surface area contributed by atoms with Gasteiger partial charge in [-0.2, -0.15) is 0 Å². The van der Waals surface area contributed by atoms with Gasteiger partial charge in [-0.15, -0.1) is 0 Å². The highest BCUT2D eigenvalue weighted by Gasteiger charge is 2.18. The second kappa shape index (κ2) is 6.45. The van der Waals surface area contributed by atoms with Crippen molar-refractivity contribution in [3.8, 4) is 34.0 Å². The number of benzene rings is 2. The van der Waals surface area contributed by atoms with Crippen molar-refractivity contribution in [1.82, 2.24) is 9.97 Å². The lowest BCUT2D eigenvalue weighted by atomic mass is 10.0. The molecular formula is C18H17N3O3. The molecular weight excluding hydrogens is 306 g/mol. The van der Waals surface area contributed by atoms with Crippen LogP contribution < -0.4 is 20.8 Å². The molecule has 0 saturated heterocycles. The number of nitrogens with two attached hydrogens (primary N) is 1. The Morgan fingerprint density at radius 1 is 0.917 bits per heavy atom. The second-order valence-electron chi connectivity index (χ2n) is 5.08. The Hall–Kier alpha value is -3.28. The van der Waals surface area contributed by atoms with E-state index >= 15 is 0 Å².